The van der Waals surface area contributed by atoms with Crippen LogP contribution in [0.4, 0.5) is 0 Å². The van der Waals surface area contributed by atoms with Crippen LogP contribution in [-0.4, -0.2) is 12.1 Å². The minimum Gasteiger partial charge on any atom is -0.456 e. The Bertz CT molecular complexity index is 3270. The van der Waals surface area contributed by atoms with Crippen LogP contribution in [0.1, 0.15) is 18.1 Å². The maximum atomic E-state index is 7.03. The lowest BCUT2D eigenvalue weighted by molar-refractivity contribution is 0.668. The first-order valence-corrected chi connectivity index (χ1v) is 19.1. The van der Waals surface area contributed by atoms with Gasteiger partial charge in [-0.05, 0) is 83.3 Å². The van der Waals surface area contributed by atoms with Gasteiger partial charge in [-0.1, -0.05) is 128 Å². The summed E-state index contributed by atoms with van der Waals surface area (Å²) in [5.41, 5.74) is 17.8. The number of nitrogens with zero attached hydrogens (tertiary/aromatic N) is 1. The third-order valence-corrected chi connectivity index (χ3v) is 10.4. The van der Waals surface area contributed by atoms with Gasteiger partial charge in [0.1, 0.15) is 39.3 Å². The van der Waals surface area contributed by atoms with E-state index in [-0.39, 0.29) is 5.84 Å². The molecule has 58 heavy (non-hydrogen) atoms. The van der Waals surface area contributed by atoms with Gasteiger partial charge >= 0.3 is 0 Å². The molecule has 0 spiro atoms. The molecule has 3 heterocycles. The van der Waals surface area contributed by atoms with Gasteiger partial charge in [0.15, 0.2) is 0 Å². The summed E-state index contributed by atoms with van der Waals surface area (Å²) >= 11 is 0. The van der Waals surface area contributed by atoms with E-state index in [0.29, 0.717) is 12.1 Å². The van der Waals surface area contributed by atoms with Crippen LogP contribution < -0.4 is 5.73 Å². The molecule has 0 unspecified atom stereocenters. The molecule has 7 aromatic carbocycles. The lowest BCUT2D eigenvalue weighted by atomic mass is 9.96. The Kier molecular flexibility index (Phi) is 9.58. The molecule has 0 bridgehead atoms. The summed E-state index contributed by atoms with van der Waals surface area (Å²) < 4.78 is 18.8. The second-order valence-corrected chi connectivity index (χ2v) is 14.1. The van der Waals surface area contributed by atoms with Crippen LogP contribution in [0.25, 0.3) is 88.1 Å². The van der Waals surface area contributed by atoms with Crippen molar-refractivity contribution in [2.24, 2.45) is 10.7 Å². The molecule has 0 saturated carbocycles. The van der Waals surface area contributed by atoms with Crippen molar-refractivity contribution in [3.8, 4) is 22.3 Å². The molecule has 6 heteroatoms. The lowest BCUT2D eigenvalue weighted by Gasteiger charge is -2.06. The fourth-order valence-corrected chi connectivity index (χ4v) is 7.59. The van der Waals surface area contributed by atoms with E-state index in [2.05, 4.69) is 110 Å². The van der Waals surface area contributed by atoms with Crippen LogP contribution in [0, 0.1) is 5.41 Å². The third-order valence-electron chi connectivity index (χ3n) is 10.4. The van der Waals surface area contributed by atoms with E-state index in [1.54, 1.807) is 12.2 Å². The van der Waals surface area contributed by atoms with Crippen molar-refractivity contribution in [3.05, 3.63) is 193 Å². The van der Waals surface area contributed by atoms with Crippen LogP contribution in [0.3, 0.4) is 0 Å². The summed E-state index contributed by atoms with van der Waals surface area (Å²) in [5.74, 6) is 0.0492. The van der Waals surface area contributed by atoms with Gasteiger partial charge in [-0.25, -0.2) is 0 Å². The average molecular weight is 754 g/mol. The maximum absolute atomic E-state index is 7.03. The van der Waals surface area contributed by atoms with Gasteiger partial charge in [-0.2, -0.15) is 0 Å². The molecular formula is C52H39N3O3. The monoisotopic (exact) mass is 753 g/mol. The number of aliphatic imine (C=N–C) groups is 1. The predicted octanol–water partition coefficient (Wildman–Crippen LogP) is 13.9. The number of hydrogen-bond acceptors (Lipinski definition) is 5. The number of para-hydroxylation sites is 1. The highest BCUT2D eigenvalue weighted by Gasteiger charge is 2.16. The first kappa shape index (κ1) is 36.0. The van der Waals surface area contributed by atoms with Crippen LogP contribution >= 0.6 is 0 Å². The largest absolute Gasteiger partial charge is 0.456 e. The summed E-state index contributed by atoms with van der Waals surface area (Å²) in [6.45, 7) is 5.96. The van der Waals surface area contributed by atoms with E-state index >= 15 is 0 Å². The number of nitrogens with two attached hydrogens (primary N) is 1. The first-order chi connectivity index (χ1) is 28.5. The van der Waals surface area contributed by atoms with Gasteiger partial charge in [-0.3, -0.25) is 10.4 Å². The van der Waals surface area contributed by atoms with Gasteiger partial charge in [0, 0.05) is 49.7 Å². The zero-order valence-corrected chi connectivity index (χ0v) is 31.9. The quantitative estimate of drug-likeness (QED) is 0.0916. The zero-order valence-electron chi connectivity index (χ0n) is 31.9. The average Bonchev–Trinajstić information content (AvgIpc) is 3.95. The molecular weight excluding hydrogens is 715 g/mol. The SMILES string of the molecule is C(=NCc1ccc2c(c1)oc1ccccc12)c1cccc2oc3ccc(-c4cccc5oc6ccc(-c7ccccc7)cc6c45)cc3c12.C=C/C(=C\C=C/C)C(=N)N. The summed E-state index contributed by atoms with van der Waals surface area (Å²) in [4.78, 5) is 4.87. The fourth-order valence-electron chi connectivity index (χ4n) is 7.59. The van der Waals surface area contributed by atoms with Crippen molar-refractivity contribution < 1.29 is 13.3 Å². The van der Waals surface area contributed by atoms with Crippen LogP contribution in [0.15, 0.2) is 200 Å². The van der Waals surface area contributed by atoms with E-state index in [1.165, 1.54) is 11.1 Å². The molecule has 10 rings (SSSR count). The van der Waals surface area contributed by atoms with Crippen molar-refractivity contribution in [3.63, 3.8) is 0 Å². The lowest BCUT2D eigenvalue weighted by Crippen LogP contribution is -2.10. The highest BCUT2D eigenvalue weighted by atomic mass is 16.3. The van der Waals surface area contributed by atoms with E-state index in [1.807, 2.05) is 67.8 Å². The minimum atomic E-state index is 0.0492. The first-order valence-electron chi connectivity index (χ1n) is 19.1. The van der Waals surface area contributed by atoms with E-state index in [4.69, 9.17) is 29.4 Å². The van der Waals surface area contributed by atoms with Crippen molar-refractivity contribution in [1.29, 1.82) is 5.41 Å². The Morgan fingerprint density at radius 3 is 2.02 bits per heavy atom. The Labute approximate surface area is 335 Å². The minimum absolute atomic E-state index is 0.0492. The Hall–Kier alpha value is -7.70. The summed E-state index contributed by atoms with van der Waals surface area (Å²) in [6, 6.07) is 50.3. The van der Waals surface area contributed by atoms with E-state index < -0.39 is 0 Å². The molecule has 0 fully saturated rings. The molecule has 3 aromatic heterocycles. The molecule has 0 amide bonds. The molecule has 0 aliphatic rings. The van der Waals surface area contributed by atoms with E-state index in [0.717, 1.165) is 88.1 Å². The van der Waals surface area contributed by atoms with Crippen molar-refractivity contribution >= 4 is 77.9 Å². The number of rotatable bonds is 8. The summed E-state index contributed by atoms with van der Waals surface area (Å²) in [7, 11) is 0. The maximum Gasteiger partial charge on any atom is 0.136 e. The van der Waals surface area contributed by atoms with Crippen LogP contribution in [0.2, 0.25) is 0 Å². The van der Waals surface area contributed by atoms with Gasteiger partial charge in [0.05, 0.1) is 6.54 Å². The number of amidine groups is 1. The molecule has 6 nitrogen and oxygen atoms in total. The van der Waals surface area contributed by atoms with Crippen LogP contribution in [0.5, 0.6) is 0 Å². The predicted molar refractivity (Wildman–Crippen MR) is 242 cm³/mol. The van der Waals surface area contributed by atoms with E-state index in [9.17, 15) is 0 Å². The number of fused-ring (bicyclic) bond motifs is 9. The molecule has 0 saturated heterocycles. The van der Waals surface area contributed by atoms with Gasteiger partial charge in [0.2, 0.25) is 0 Å². The molecule has 0 aliphatic carbocycles. The van der Waals surface area contributed by atoms with Crippen molar-refractivity contribution in [2.75, 3.05) is 0 Å². The number of furan rings is 3. The normalized spacial score (nSPS) is 12.1. The standard InChI is InChI=1S/C44H27NO3.C8H12N2/c1-2-8-28(9-3-1)29-17-20-39-36(23-29)44-32(12-7-15-41(44)47-39)30-18-21-38-35(24-30)43-31(10-6-14-40(43)46-38)26-45-25-27-16-19-34-33-11-4-5-13-37(33)48-42(34)22-27;1-3-5-6-7(4-2)8(9)10/h1-24,26H,25H2;3-6H,2H2,1H3,(H3,9,10)/b;5-3-,7-6+. The van der Waals surface area contributed by atoms with Gasteiger partial charge in [0.25, 0.3) is 0 Å². The Morgan fingerprint density at radius 2 is 1.24 bits per heavy atom. The molecule has 0 radical (unpaired) electrons. The Morgan fingerprint density at radius 1 is 0.603 bits per heavy atom. The van der Waals surface area contributed by atoms with Crippen molar-refractivity contribution in [1.82, 2.24) is 0 Å². The second-order valence-electron chi connectivity index (χ2n) is 14.1. The molecule has 0 aliphatic heterocycles. The fraction of sp³-hybridized carbons (Fsp3) is 0.0385. The molecule has 10 aromatic rings. The van der Waals surface area contributed by atoms with Crippen LogP contribution in [-0.2, 0) is 6.54 Å². The smallest absolute Gasteiger partial charge is 0.136 e. The highest BCUT2D eigenvalue weighted by Crippen LogP contribution is 2.41. The molecule has 280 valence electrons. The topological polar surface area (TPSA) is 102 Å². The number of hydrogen-bond donors (Lipinski definition) is 2. The number of benzene rings is 7. The van der Waals surface area contributed by atoms with Gasteiger partial charge in [-0.15, -0.1) is 0 Å². The molecule has 0 atom stereocenters. The third kappa shape index (κ3) is 6.77. The zero-order chi connectivity index (χ0) is 39.6. The summed E-state index contributed by atoms with van der Waals surface area (Å²) in [6.07, 6.45) is 8.95. The van der Waals surface area contributed by atoms with Crippen molar-refractivity contribution in [2.45, 2.75) is 13.5 Å². The highest BCUT2D eigenvalue weighted by molar-refractivity contribution is 6.17. The second kappa shape index (κ2) is 15.4. The number of allylic oxidation sites excluding steroid dienone is 3. The number of nitrogens with one attached hydrogen (secondary N) is 1. The molecule has 3 N–H and O–H groups in total. The summed E-state index contributed by atoms with van der Waals surface area (Å²) in [5, 5.41) is 13.6. The Balaban J connectivity index is 0.000000389. The van der Waals surface area contributed by atoms with Gasteiger partial charge < -0.3 is 19.0 Å².